The molecule has 154 valence electrons. The molecule has 0 atom stereocenters. The van der Waals surface area contributed by atoms with Gasteiger partial charge in [0, 0.05) is 40.9 Å². The third kappa shape index (κ3) is 3.89. The van der Waals surface area contributed by atoms with E-state index < -0.39 is 0 Å². The molecule has 2 N–H and O–H groups in total. The average Bonchev–Trinajstić information content (AvgIpc) is 3.31. The minimum absolute atomic E-state index is 0.0832. The van der Waals surface area contributed by atoms with Crippen LogP contribution in [0.5, 0.6) is 0 Å². The number of nitrogens with one attached hydrogen (secondary N) is 2. The third-order valence-electron chi connectivity index (χ3n) is 5.85. The van der Waals surface area contributed by atoms with Crippen molar-refractivity contribution in [1.82, 2.24) is 9.97 Å². The molecule has 0 radical (unpaired) electrons. The summed E-state index contributed by atoms with van der Waals surface area (Å²) in [5, 5.41) is 5.23. The van der Waals surface area contributed by atoms with Crippen LogP contribution in [0.1, 0.15) is 25.3 Å². The molecular formula is C23H23ClN4OS. The molecule has 1 aliphatic heterocycles. The molecule has 1 amide bonds. The molecule has 0 spiro atoms. The normalized spacial score (nSPS) is 15.2. The number of benzene rings is 2. The molecule has 0 saturated carbocycles. The van der Waals surface area contributed by atoms with E-state index in [0.29, 0.717) is 10.2 Å². The number of H-pyrrole nitrogens is 1. The van der Waals surface area contributed by atoms with E-state index in [-0.39, 0.29) is 12.3 Å². The smallest absolute Gasteiger partial charge is 0.230 e. The fraction of sp³-hybridized carbons (Fsp3) is 0.304. The van der Waals surface area contributed by atoms with Crippen LogP contribution >= 0.6 is 22.9 Å². The predicted octanol–water partition coefficient (Wildman–Crippen LogP) is 5.85. The Bertz CT molecular complexity index is 1220. The zero-order chi connectivity index (χ0) is 20.7. The number of piperidine rings is 1. The summed E-state index contributed by atoms with van der Waals surface area (Å²) in [6.45, 7) is 4.52. The highest BCUT2D eigenvalue weighted by molar-refractivity contribution is 7.22. The van der Waals surface area contributed by atoms with Gasteiger partial charge in [-0.2, -0.15) is 0 Å². The van der Waals surface area contributed by atoms with Gasteiger partial charge in [0.1, 0.15) is 0 Å². The van der Waals surface area contributed by atoms with E-state index in [1.807, 2.05) is 24.4 Å². The minimum Gasteiger partial charge on any atom is -0.371 e. The quantitative estimate of drug-likeness (QED) is 0.420. The maximum absolute atomic E-state index is 12.6. The van der Waals surface area contributed by atoms with Gasteiger partial charge in [0.15, 0.2) is 5.13 Å². The molecule has 2 aromatic heterocycles. The van der Waals surface area contributed by atoms with Crippen LogP contribution in [0.3, 0.4) is 0 Å². The first kappa shape index (κ1) is 19.4. The number of carbonyl (C=O) groups excluding carboxylic acids is 1. The Hall–Kier alpha value is -2.57. The molecule has 0 unspecified atom stereocenters. The summed E-state index contributed by atoms with van der Waals surface area (Å²) < 4.78 is 1.10. The van der Waals surface area contributed by atoms with E-state index in [4.69, 9.17) is 11.6 Å². The van der Waals surface area contributed by atoms with Gasteiger partial charge in [0.05, 0.1) is 16.6 Å². The van der Waals surface area contributed by atoms with E-state index in [9.17, 15) is 4.79 Å². The topological polar surface area (TPSA) is 61.0 Å². The number of carbonyl (C=O) groups is 1. The summed E-state index contributed by atoms with van der Waals surface area (Å²) >= 11 is 7.63. The predicted molar refractivity (Wildman–Crippen MR) is 126 cm³/mol. The Kier molecular flexibility index (Phi) is 5.13. The summed E-state index contributed by atoms with van der Waals surface area (Å²) in [6, 6.07) is 12.0. The van der Waals surface area contributed by atoms with Gasteiger partial charge in [0.25, 0.3) is 0 Å². The van der Waals surface area contributed by atoms with Crippen molar-refractivity contribution in [3.8, 4) is 0 Å². The minimum atomic E-state index is -0.0832. The SMILES string of the molecule is CC1CCN(c2ccc3nc(NC(=O)Cc4c[nH]c5ccc(Cl)cc45)sc3c2)CC1. The zero-order valence-corrected chi connectivity index (χ0v) is 18.3. The number of rotatable bonds is 4. The van der Waals surface area contributed by atoms with Crippen LogP contribution in [-0.2, 0) is 11.2 Å². The van der Waals surface area contributed by atoms with Crippen LogP contribution < -0.4 is 10.2 Å². The van der Waals surface area contributed by atoms with Crippen molar-refractivity contribution in [2.24, 2.45) is 5.92 Å². The maximum atomic E-state index is 12.6. The number of fused-ring (bicyclic) bond motifs is 2. The molecule has 5 nitrogen and oxygen atoms in total. The van der Waals surface area contributed by atoms with Crippen LogP contribution in [0.25, 0.3) is 21.1 Å². The molecule has 1 fully saturated rings. The Balaban J connectivity index is 1.31. The number of aromatic nitrogens is 2. The summed E-state index contributed by atoms with van der Waals surface area (Å²) in [4.78, 5) is 22.9. The number of halogens is 1. The van der Waals surface area contributed by atoms with E-state index in [1.165, 1.54) is 29.9 Å². The molecule has 3 heterocycles. The number of hydrogen-bond donors (Lipinski definition) is 2. The number of thiazole rings is 1. The van der Waals surface area contributed by atoms with Crippen molar-refractivity contribution in [2.45, 2.75) is 26.2 Å². The van der Waals surface area contributed by atoms with Crippen LogP contribution in [0.4, 0.5) is 10.8 Å². The summed E-state index contributed by atoms with van der Waals surface area (Å²) in [7, 11) is 0. The van der Waals surface area contributed by atoms with Crippen LogP contribution in [0, 0.1) is 5.92 Å². The number of anilines is 2. The van der Waals surface area contributed by atoms with Gasteiger partial charge in [-0.15, -0.1) is 0 Å². The van der Waals surface area contributed by atoms with E-state index in [0.717, 1.165) is 45.7 Å². The van der Waals surface area contributed by atoms with E-state index >= 15 is 0 Å². The van der Waals surface area contributed by atoms with Crippen molar-refractivity contribution < 1.29 is 4.79 Å². The molecule has 5 rings (SSSR count). The summed E-state index contributed by atoms with van der Waals surface area (Å²) in [5.74, 6) is 0.726. The van der Waals surface area contributed by atoms with Crippen molar-refractivity contribution in [3.63, 3.8) is 0 Å². The first-order valence-corrected chi connectivity index (χ1v) is 11.5. The lowest BCUT2D eigenvalue weighted by Gasteiger charge is -2.32. The van der Waals surface area contributed by atoms with Gasteiger partial charge in [-0.05, 0) is 60.7 Å². The number of nitrogens with zero attached hydrogens (tertiary/aromatic N) is 2. The first-order valence-electron chi connectivity index (χ1n) is 10.3. The molecule has 0 aliphatic carbocycles. The molecule has 1 saturated heterocycles. The van der Waals surface area contributed by atoms with Crippen LogP contribution in [0.2, 0.25) is 5.02 Å². The van der Waals surface area contributed by atoms with Gasteiger partial charge in [0.2, 0.25) is 5.91 Å². The lowest BCUT2D eigenvalue weighted by Crippen LogP contribution is -2.32. The fourth-order valence-corrected chi connectivity index (χ4v) is 5.15. The Morgan fingerprint density at radius 1 is 1.27 bits per heavy atom. The fourth-order valence-electron chi connectivity index (χ4n) is 4.06. The van der Waals surface area contributed by atoms with Crippen molar-refractivity contribution in [3.05, 3.63) is 53.2 Å². The Labute approximate surface area is 184 Å². The molecule has 4 aromatic rings. The second kappa shape index (κ2) is 7.93. The van der Waals surface area contributed by atoms with Crippen LogP contribution in [-0.4, -0.2) is 29.0 Å². The maximum Gasteiger partial charge on any atom is 0.230 e. The van der Waals surface area contributed by atoms with Gasteiger partial charge >= 0.3 is 0 Å². The van der Waals surface area contributed by atoms with Crippen molar-refractivity contribution >= 4 is 60.8 Å². The molecule has 7 heteroatoms. The molecule has 30 heavy (non-hydrogen) atoms. The van der Waals surface area contributed by atoms with E-state index in [2.05, 4.69) is 45.3 Å². The second-order valence-electron chi connectivity index (χ2n) is 8.07. The van der Waals surface area contributed by atoms with Gasteiger partial charge < -0.3 is 15.2 Å². The van der Waals surface area contributed by atoms with E-state index in [1.54, 1.807) is 0 Å². The monoisotopic (exact) mass is 438 g/mol. The largest absolute Gasteiger partial charge is 0.371 e. The molecule has 0 bridgehead atoms. The van der Waals surface area contributed by atoms with Gasteiger partial charge in [-0.1, -0.05) is 29.9 Å². The summed E-state index contributed by atoms with van der Waals surface area (Å²) in [6.07, 6.45) is 4.61. The lowest BCUT2D eigenvalue weighted by atomic mass is 9.99. The second-order valence-corrected chi connectivity index (χ2v) is 9.54. The van der Waals surface area contributed by atoms with Crippen molar-refractivity contribution in [1.29, 1.82) is 0 Å². The highest BCUT2D eigenvalue weighted by Crippen LogP contribution is 2.31. The standard InChI is InChI=1S/C23H23ClN4OS/c1-14-6-8-28(9-7-14)17-3-5-20-21(12-17)30-23(26-20)27-22(29)10-15-13-25-19-4-2-16(24)11-18(15)19/h2-5,11-14,25H,6-10H2,1H3,(H,26,27,29). The highest BCUT2D eigenvalue weighted by atomic mass is 35.5. The lowest BCUT2D eigenvalue weighted by molar-refractivity contribution is -0.115. The number of hydrogen-bond acceptors (Lipinski definition) is 4. The average molecular weight is 439 g/mol. The highest BCUT2D eigenvalue weighted by Gasteiger charge is 2.17. The molecule has 1 aliphatic rings. The Morgan fingerprint density at radius 2 is 2.10 bits per heavy atom. The van der Waals surface area contributed by atoms with Gasteiger partial charge in [-0.3, -0.25) is 4.79 Å². The number of aromatic amines is 1. The third-order valence-corrected chi connectivity index (χ3v) is 7.02. The molecule has 2 aromatic carbocycles. The van der Waals surface area contributed by atoms with Crippen LogP contribution in [0.15, 0.2) is 42.6 Å². The first-order chi connectivity index (χ1) is 14.5. The number of amides is 1. The van der Waals surface area contributed by atoms with Crippen molar-refractivity contribution in [2.75, 3.05) is 23.3 Å². The van der Waals surface area contributed by atoms with Gasteiger partial charge in [-0.25, -0.2) is 4.98 Å². The molecular weight excluding hydrogens is 416 g/mol. The summed E-state index contributed by atoms with van der Waals surface area (Å²) in [5.41, 5.74) is 4.06. The zero-order valence-electron chi connectivity index (χ0n) is 16.7. The Morgan fingerprint density at radius 3 is 2.93 bits per heavy atom.